The Hall–Kier alpha value is -3.38. The minimum absolute atomic E-state index is 0.0996. The topological polar surface area (TPSA) is 98.1 Å². The number of hydrogen-bond acceptors (Lipinski definition) is 4. The highest BCUT2D eigenvalue weighted by Crippen LogP contribution is 2.25. The van der Waals surface area contributed by atoms with Crippen molar-refractivity contribution < 1.29 is 32.3 Å². The second-order valence-corrected chi connectivity index (χ2v) is 10.4. The van der Waals surface area contributed by atoms with Crippen molar-refractivity contribution in [3.63, 3.8) is 0 Å². The van der Waals surface area contributed by atoms with Crippen molar-refractivity contribution in [2.24, 2.45) is 0 Å². The minimum Gasteiger partial charge on any atom is -0.475 e. The van der Waals surface area contributed by atoms with E-state index in [1.807, 2.05) is 6.92 Å². The number of halogens is 5. The van der Waals surface area contributed by atoms with Gasteiger partial charge in [0.05, 0.1) is 5.56 Å². The number of H-pyrrole nitrogens is 1. The maximum absolute atomic E-state index is 14.7. The summed E-state index contributed by atoms with van der Waals surface area (Å²) in [6.45, 7) is 5.46. The molecule has 0 atom stereocenters. The number of carboxylic acids is 1. The summed E-state index contributed by atoms with van der Waals surface area (Å²) in [5, 5.41) is 7.60. The van der Waals surface area contributed by atoms with Gasteiger partial charge >= 0.3 is 12.1 Å². The first kappa shape index (κ1) is 29.6. The first-order chi connectivity index (χ1) is 18.9. The van der Waals surface area contributed by atoms with Gasteiger partial charge in [-0.15, -0.1) is 0 Å². The van der Waals surface area contributed by atoms with Crippen LogP contribution in [0.25, 0.3) is 5.52 Å². The van der Waals surface area contributed by atoms with E-state index >= 15 is 0 Å². The zero-order valence-corrected chi connectivity index (χ0v) is 22.5. The second kappa shape index (κ2) is 12.0. The van der Waals surface area contributed by atoms with Crippen LogP contribution in [0, 0.1) is 12.7 Å². The van der Waals surface area contributed by atoms with Crippen molar-refractivity contribution in [1.82, 2.24) is 19.2 Å². The summed E-state index contributed by atoms with van der Waals surface area (Å²) in [6.07, 6.45) is 1.33. The van der Waals surface area contributed by atoms with Gasteiger partial charge in [0.25, 0.3) is 11.5 Å². The highest BCUT2D eigenvalue weighted by Gasteiger charge is 2.38. The Bertz CT molecular complexity index is 1460. The number of carboxylic acid groups (broad SMARTS) is 1. The number of amides is 1. The first-order valence-electron chi connectivity index (χ1n) is 12.9. The summed E-state index contributed by atoms with van der Waals surface area (Å²) in [6, 6.07) is 6.93. The van der Waals surface area contributed by atoms with Crippen molar-refractivity contribution in [2.75, 3.05) is 26.2 Å². The fraction of sp³-hybridized carbons (Fsp3) is 0.444. The second-order valence-electron chi connectivity index (χ2n) is 10.0. The number of alkyl halides is 3. The van der Waals surface area contributed by atoms with Gasteiger partial charge in [0.15, 0.2) is 0 Å². The number of aromatic nitrogens is 2. The number of likely N-dealkylation sites (tertiary alicyclic amines) is 2. The third-order valence-electron chi connectivity index (χ3n) is 7.30. The van der Waals surface area contributed by atoms with Gasteiger partial charge in [0.1, 0.15) is 16.5 Å². The largest absolute Gasteiger partial charge is 0.490 e. The molecule has 0 unspecified atom stereocenters. The third kappa shape index (κ3) is 6.49. The predicted molar refractivity (Wildman–Crippen MR) is 140 cm³/mol. The van der Waals surface area contributed by atoms with E-state index in [1.165, 1.54) is 18.9 Å². The van der Waals surface area contributed by atoms with Crippen molar-refractivity contribution in [3.05, 3.63) is 74.2 Å². The fourth-order valence-corrected chi connectivity index (χ4v) is 5.50. The monoisotopic (exact) mass is 584 g/mol. The standard InChI is InChI=1S/C25H28ClFN4O2.C2HF3O2/c1-16-12-22-24(32)28-15-19(31(22)23(16)26)13-17-4-5-21(27)20(14-17)25(33)30-10-6-18(7-11-30)29-8-2-3-9-29;3-2(4,5)1(6)7/h4-5,12,14-15,18H,2-3,6-11,13H2,1H3,(H,28,32);(H,6,7). The van der Waals surface area contributed by atoms with E-state index < -0.39 is 18.0 Å². The molecule has 0 radical (unpaired) electrons. The van der Waals surface area contributed by atoms with E-state index in [4.69, 9.17) is 21.5 Å². The van der Waals surface area contributed by atoms with E-state index in [9.17, 15) is 27.2 Å². The molecule has 0 bridgehead atoms. The number of hydrogen-bond donors (Lipinski definition) is 2. The quantitative estimate of drug-likeness (QED) is 0.435. The lowest BCUT2D eigenvalue weighted by atomic mass is 10.0. The Balaban J connectivity index is 0.000000470. The lowest BCUT2D eigenvalue weighted by molar-refractivity contribution is -0.192. The van der Waals surface area contributed by atoms with Crippen LogP contribution in [0.2, 0.25) is 5.15 Å². The van der Waals surface area contributed by atoms with Gasteiger partial charge in [0.2, 0.25) is 0 Å². The molecular weight excluding hydrogens is 556 g/mol. The molecule has 5 rings (SSSR count). The number of nitrogens with zero attached hydrogens (tertiary/aromatic N) is 3. The molecule has 3 aromatic rings. The molecular formula is C27H29ClF4N4O4. The predicted octanol–water partition coefficient (Wildman–Crippen LogP) is 4.65. The molecule has 0 saturated carbocycles. The fourth-order valence-electron chi connectivity index (χ4n) is 5.24. The number of fused-ring (bicyclic) bond motifs is 1. The molecule has 13 heteroatoms. The summed E-state index contributed by atoms with van der Waals surface area (Å²) >= 11 is 6.44. The van der Waals surface area contributed by atoms with Crippen LogP contribution in [0.3, 0.4) is 0 Å². The Kier molecular flexibility index (Phi) is 8.89. The SMILES string of the molecule is Cc1cc2c(=O)[nH]cc(Cc3ccc(F)c(C(=O)N4CCC(N5CCCC5)CC4)c3)n2c1Cl.O=C(O)C(F)(F)F. The molecule has 2 aliphatic rings. The smallest absolute Gasteiger partial charge is 0.475 e. The summed E-state index contributed by atoms with van der Waals surface area (Å²) in [4.78, 5) is 41.3. The highest BCUT2D eigenvalue weighted by molar-refractivity contribution is 6.30. The van der Waals surface area contributed by atoms with E-state index in [0.29, 0.717) is 36.2 Å². The van der Waals surface area contributed by atoms with Crippen LogP contribution < -0.4 is 5.56 Å². The van der Waals surface area contributed by atoms with Crippen LogP contribution in [0.1, 0.15) is 52.9 Å². The number of aliphatic carboxylic acids is 1. The van der Waals surface area contributed by atoms with Gasteiger partial charge in [-0.25, -0.2) is 9.18 Å². The first-order valence-corrected chi connectivity index (χ1v) is 13.2. The lowest BCUT2D eigenvalue weighted by Crippen LogP contribution is -2.46. The number of benzene rings is 1. The zero-order valence-electron chi connectivity index (χ0n) is 21.7. The van der Waals surface area contributed by atoms with Gasteiger partial charge in [-0.05, 0) is 75.0 Å². The van der Waals surface area contributed by atoms with Crippen LogP contribution in [0.4, 0.5) is 17.6 Å². The minimum atomic E-state index is -5.08. The number of carbonyl (C=O) groups excluding carboxylic acids is 1. The molecule has 8 nitrogen and oxygen atoms in total. The Morgan fingerprint density at radius 1 is 1.10 bits per heavy atom. The average molecular weight is 585 g/mol. The Morgan fingerprint density at radius 2 is 1.73 bits per heavy atom. The molecule has 2 fully saturated rings. The molecule has 1 aromatic carbocycles. The van der Waals surface area contributed by atoms with Crippen molar-refractivity contribution in [2.45, 2.75) is 51.2 Å². The number of nitrogens with one attached hydrogen (secondary N) is 1. The number of piperidine rings is 1. The lowest BCUT2D eigenvalue weighted by Gasteiger charge is -2.36. The van der Waals surface area contributed by atoms with Gasteiger partial charge in [-0.3, -0.25) is 14.0 Å². The van der Waals surface area contributed by atoms with Gasteiger partial charge in [-0.2, -0.15) is 13.2 Å². The van der Waals surface area contributed by atoms with E-state index in [2.05, 4.69) is 9.88 Å². The van der Waals surface area contributed by atoms with Crippen LogP contribution in [-0.2, 0) is 11.2 Å². The zero-order chi connectivity index (χ0) is 29.2. The third-order valence-corrected chi connectivity index (χ3v) is 7.77. The Morgan fingerprint density at radius 3 is 2.33 bits per heavy atom. The number of aryl methyl sites for hydroxylation is 1. The molecule has 0 spiro atoms. The normalized spacial score (nSPS) is 16.7. The van der Waals surface area contributed by atoms with Gasteiger partial charge in [-0.1, -0.05) is 17.7 Å². The molecule has 0 aliphatic carbocycles. The maximum Gasteiger partial charge on any atom is 0.490 e. The van der Waals surface area contributed by atoms with Crippen LogP contribution in [0.5, 0.6) is 0 Å². The molecule has 216 valence electrons. The molecule has 2 aliphatic heterocycles. The molecule has 4 heterocycles. The van der Waals surface area contributed by atoms with Crippen molar-refractivity contribution >= 4 is 29.0 Å². The van der Waals surface area contributed by atoms with E-state index in [-0.39, 0.29) is 17.0 Å². The number of aromatic amines is 1. The molecule has 2 aromatic heterocycles. The van der Waals surface area contributed by atoms with Crippen LogP contribution in [0.15, 0.2) is 35.3 Å². The summed E-state index contributed by atoms with van der Waals surface area (Å²) in [5.41, 5.74) is 2.70. The summed E-state index contributed by atoms with van der Waals surface area (Å²) in [7, 11) is 0. The average Bonchev–Trinajstić information content (AvgIpc) is 3.56. The maximum atomic E-state index is 14.7. The summed E-state index contributed by atoms with van der Waals surface area (Å²) in [5.74, 6) is -3.52. The molecule has 2 N–H and O–H groups in total. The van der Waals surface area contributed by atoms with Crippen molar-refractivity contribution in [3.8, 4) is 0 Å². The number of carbonyl (C=O) groups is 2. The van der Waals surface area contributed by atoms with Crippen molar-refractivity contribution in [1.29, 1.82) is 0 Å². The molecule has 40 heavy (non-hydrogen) atoms. The van der Waals surface area contributed by atoms with Crippen LogP contribution in [-0.4, -0.2) is 74.6 Å². The van der Waals surface area contributed by atoms with Gasteiger partial charge < -0.3 is 19.9 Å². The highest BCUT2D eigenvalue weighted by atomic mass is 35.5. The summed E-state index contributed by atoms with van der Waals surface area (Å²) < 4.78 is 48.1. The number of rotatable bonds is 4. The Labute approximate surface area is 232 Å². The van der Waals surface area contributed by atoms with E-state index in [1.54, 1.807) is 33.7 Å². The van der Waals surface area contributed by atoms with Crippen LogP contribution >= 0.6 is 11.6 Å². The molecule has 1 amide bonds. The van der Waals surface area contributed by atoms with E-state index in [0.717, 1.165) is 42.8 Å². The van der Waals surface area contributed by atoms with Gasteiger partial charge in [0, 0.05) is 37.4 Å². The molecule has 2 saturated heterocycles.